The van der Waals surface area contributed by atoms with Crippen molar-refractivity contribution in [2.75, 3.05) is 17.7 Å². The average molecular weight is 281 g/mol. The zero-order valence-corrected chi connectivity index (χ0v) is 11.8. The van der Waals surface area contributed by atoms with E-state index in [9.17, 15) is 4.39 Å². The third kappa shape index (κ3) is 2.65. The SMILES string of the molecule is CN(Cc1ccc(N)c2cccnc12)c1ccc(F)cc1. The molecule has 0 unspecified atom stereocenters. The maximum absolute atomic E-state index is 13.0. The Kier molecular flexibility index (Phi) is 3.44. The number of rotatable bonds is 3. The number of nitrogen functional groups attached to an aromatic ring is 1. The van der Waals surface area contributed by atoms with E-state index in [4.69, 9.17) is 5.73 Å². The van der Waals surface area contributed by atoms with Gasteiger partial charge in [-0.25, -0.2) is 4.39 Å². The van der Waals surface area contributed by atoms with Crippen LogP contribution in [0.2, 0.25) is 0 Å². The number of anilines is 2. The topological polar surface area (TPSA) is 42.1 Å². The van der Waals surface area contributed by atoms with Gasteiger partial charge in [-0.2, -0.15) is 0 Å². The zero-order chi connectivity index (χ0) is 14.8. The lowest BCUT2D eigenvalue weighted by Crippen LogP contribution is -2.16. The van der Waals surface area contributed by atoms with Gasteiger partial charge >= 0.3 is 0 Å². The van der Waals surface area contributed by atoms with Crippen LogP contribution in [0.3, 0.4) is 0 Å². The largest absolute Gasteiger partial charge is 0.398 e. The van der Waals surface area contributed by atoms with Gasteiger partial charge in [-0.1, -0.05) is 6.07 Å². The number of nitrogens with zero attached hydrogens (tertiary/aromatic N) is 2. The van der Waals surface area contributed by atoms with E-state index in [2.05, 4.69) is 9.88 Å². The normalized spacial score (nSPS) is 10.8. The summed E-state index contributed by atoms with van der Waals surface area (Å²) in [6.45, 7) is 0.680. The number of halogens is 1. The molecule has 0 amide bonds. The van der Waals surface area contributed by atoms with E-state index >= 15 is 0 Å². The molecule has 3 nitrogen and oxygen atoms in total. The molecule has 1 heterocycles. The lowest BCUT2D eigenvalue weighted by Gasteiger charge is -2.20. The Morgan fingerprint density at radius 2 is 1.86 bits per heavy atom. The summed E-state index contributed by atoms with van der Waals surface area (Å²) in [7, 11) is 1.97. The van der Waals surface area contributed by atoms with Crippen LogP contribution in [0.4, 0.5) is 15.8 Å². The number of hydrogen-bond acceptors (Lipinski definition) is 3. The number of nitrogens with two attached hydrogens (primary N) is 1. The smallest absolute Gasteiger partial charge is 0.123 e. The van der Waals surface area contributed by atoms with Crippen molar-refractivity contribution in [3.63, 3.8) is 0 Å². The minimum atomic E-state index is -0.230. The van der Waals surface area contributed by atoms with Gasteiger partial charge in [0.2, 0.25) is 0 Å². The van der Waals surface area contributed by atoms with Crippen molar-refractivity contribution in [2.45, 2.75) is 6.54 Å². The summed E-state index contributed by atoms with van der Waals surface area (Å²) in [4.78, 5) is 6.49. The Bertz CT molecular complexity index is 769. The molecule has 0 atom stereocenters. The first-order chi connectivity index (χ1) is 10.1. The second-order valence-electron chi connectivity index (χ2n) is 5.05. The first-order valence-corrected chi connectivity index (χ1v) is 6.74. The summed E-state index contributed by atoms with van der Waals surface area (Å²) >= 11 is 0. The molecule has 0 saturated carbocycles. The van der Waals surface area contributed by atoms with Crippen LogP contribution in [-0.2, 0) is 6.54 Å². The van der Waals surface area contributed by atoms with Gasteiger partial charge < -0.3 is 10.6 Å². The summed E-state index contributed by atoms with van der Waals surface area (Å²) in [5.74, 6) is -0.230. The molecule has 2 N–H and O–H groups in total. The van der Waals surface area contributed by atoms with Gasteiger partial charge in [0.05, 0.1) is 5.52 Å². The third-order valence-electron chi connectivity index (χ3n) is 3.56. The van der Waals surface area contributed by atoms with Crippen LogP contribution in [-0.4, -0.2) is 12.0 Å². The van der Waals surface area contributed by atoms with Crippen LogP contribution in [0, 0.1) is 5.82 Å². The van der Waals surface area contributed by atoms with Crippen molar-refractivity contribution in [3.8, 4) is 0 Å². The molecular formula is C17H16FN3. The zero-order valence-electron chi connectivity index (χ0n) is 11.8. The van der Waals surface area contributed by atoms with Gasteiger partial charge in [-0.15, -0.1) is 0 Å². The van der Waals surface area contributed by atoms with Crippen molar-refractivity contribution in [1.29, 1.82) is 0 Å². The molecule has 1 aromatic heterocycles. The lowest BCUT2D eigenvalue weighted by molar-refractivity contribution is 0.627. The summed E-state index contributed by atoms with van der Waals surface area (Å²) < 4.78 is 13.0. The predicted octanol–water partition coefficient (Wildman–Crippen LogP) is 3.59. The maximum atomic E-state index is 13.0. The monoisotopic (exact) mass is 281 g/mol. The van der Waals surface area contributed by atoms with Crippen LogP contribution in [0.5, 0.6) is 0 Å². The van der Waals surface area contributed by atoms with Crippen molar-refractivity contribution in [2.24, 2.45) is 0 Å². The highest BCUT2D eigenvalue weighted by Crippen LogP contribution is 2.25. The molecule has 0 radical (unpaired) electrons. The van der Waals surface area contributed by atoms with E-state index in [1.165, 1.54) is 12.1 Å². The van der Waals surface area contributed by atoms with Gasteiger partial charge in [0.25, 0.3) is 0 Å². The Balaban J connectivity index is 1.95. The Morgan fingerprint density at radius 3 is 2.62 bits per heavy atom. The molecule has 4 heteroatoms. The van der Waals surface area contributed by atoms with Gasteiger partial charge in [-0.3, -0.25) is 4.98 Å². The number of hydrogen-bond donors (Lipinski definition) is 1. The van der Waals surface area contributed by atoms with E-state index in [0.717, 1.165) is 27.8 Å². The summed E-state index contributed by atoms with van der Waals surface area (Å²) in [6.07, 6.45) is 1.77. The fourth-order valence-electron chi connectivity index (χ4n) is 2.42. The van der Waals surface area contributed by atoms with Crippen molar-refractivity contribution in [3.05, 3.63) is 66.1 Å². The van der Waals surface area contributed by atoms with Crippen LogP contribution < -0.4 is 10.6 Å². The summed E-state index contributed by atoms with van der Waals surface area (Å²) in [6, 6.07) is 14.2. The lowest BCUT2D eigenvalue weighted by atomic mass is 10.1. The van der Waals surface area contributed by atoms with Crippen LogP contribution in [0.1, 0.15) is 5.56 Å². The Hall–Kier alpha value is -2.62. The first kappa shape index (κ1) is 13.4. The third-order valence-corrected chi connectivity index (χ3v) is 3.56. The van der Waals surface area contributed by atoms with Crippen LogP contribution in [0.15, 0.2) is 54.7 Å². The van der Waals surface area contributed by atoms with E-state index in [1.807, 2.05) is 31.3 Å². The Labute approximate surface area is 122 Å². The molecule has 3 rings (SSSR count). The first-order valence-electron chi connectivity index (χ1n) is 6.74. The van der Waals surface area contributed by atoms with Crippen LogP contribution >= 0.6 is 0 Å². The van der Waals surface area contributed by atoms with Gasteiger partial charge in [0.15, 0.2) is 0 Å². The Morgan fingerprint density at radius 1 is 1.10 bits per heavy atom. The van der Waals surface area contributed by atoms with E-state index in [1.54, 1.807) is 18.3 Å². The second kappa shape index (κ2) is 5.40. The minimum absolute atomic E-state index is 0.230. The quantitative estimate of drug-likeness (QED) is 0.746. The van der Waals surface area contributed by atoms with Crippen molar-refractivity contribution >= 4 is 22.3 Å². The maximum Gasteiger partial charge on any atom is 0.123 e. The van der Waals surface area contributed by atoms with E-state index < -0.39 is 0 Å². The number of aromatic nitrogens is 1. The predicted molar refractivity (Wildman–Crippen MR) is 84.7 cm³/mol. The molecule has 0 bridgehead atoms. The number of fused-ring (bicyclic) bond motifs is 1. The highest BCUT2D eigenvalue weighted by Gasteiger charge is 2.08. The highest BCUT2D eigenvalue weighted by molar-refractivity contribution is 5.92. The van der Waals surface area contributed by atoms with Gasteiger partial charge in [0, 0.05) is 36.6 Å². The highest BCUT2D eigenvalue weighted by atomic mass is 19.1. The molecule has 106 valence electrons. The van der Waals surface area contributed by atoms with E-state index in [-0.39, 0.29) is 5.82 Å². The van der Waals surface area contributed by atoms with Crippen molar-refractivity contribution in [1.82, 2.24) is 4.98 Å². The van der Waals surface area contributed by atoms with Crippen LogP contribution in [0.25, 0.3) is 10.9 Å². The standard InChI is InChI=1S/C17H16FN3/c1-21(14-7-5-13(18)6-8-14)11-12-4-9-16(19)15-3-2-10-20-17(12)15/h2-10H,11,19H2,1H3. The molecular weight excluding hydrogens is 265 g/mol. The molecule has 0 spiro atoms. The fourth-order valence-corrected chi connectivity index (χ4v) is 2.42. The molecule has 0 fully saturated rings. The average Bonchev–Trinajstić information content (AvgIpc) is 2.51. The molecule has 0 saturated heterocycles. The molecule has 0 aliphatic carbocycles. The van der Waals surface area contributed by atoms with Gasteiger partial charge in [0.1, 0.15) is 5.82 Å². The number of pyridine rings is 1. The minimum Gasteiger partial charge on any atom is -0.398 e. The van der Waals surface area contributed by atoms with E-state index in [0.29, 0.717) is 6.54 Å². The second-order valence-corrected chi connectivity index (χ2v) is 5.05. The fraction of sp³-hybridized carbons (Fsp3) is 0.118. The summed E-state index contributed by atoms with van der Waals surface area (Å²) in [5.41, 5.74) is 9.67. The summed E-state index contributed by atoms with van der Waals surface area (Å²) in [5, 5.41) is 0.961. The molecule has 21 heavy (non-hydrogen) atoms. The number of benzene rings is 2. The van der Waals surface area contributed by atoms with Crippen molar-refractivity contribution < 1.29 is 4.39 Å². The molecule has 2 aromatic carbocycles. The molecule has 0 aliphatic rings. The molecule has 0 aliphatic heterocycles. The van der Waals surface area contributed by atoms with Gasteiger partial charge in [-0.05, 0) is 48.0 Å². The molecule has 3 aromatic rings.